The molecule has 16 heavy (non-hydrogen) atoms. The van der Waals surface area contributed by atoms with E-state index in [0.29, 0.717) is 11.3 Å². The SMILES string of the molecule is C=CC(C)NS(=O)(=O)c1cc(N)ccc1C. The Kier molecular flexibility index (Phi) is 3.72. The van der Waals surface area contributed by atoms with Crippen LogP contribution in [0.3, 0.4) is 0 Å². The summed E-state index contributed by atoms with van der Waals surface area (Å²) >= 11 is 0. The molecule has 0 radical (unpaired) electrons. The lowest BCUT2D eigenvalue weighted by Crippen LogP contribution is -2.31. The zero-order valence-electron chi connectivity index (χ0n) is 9.40. The van der Waals surface area contributed by atoms with Crippen LogP contribution >= 0.6 is 0 Å². The fourth-order valence-electron chi connectivity index (χ4n) is 1.26. The van der Waals surface area contributed by atoms with Gasteiger partial charge >= 0.3 is 0 Å². The third kappa shape index (κ3) is 2.84. The number of nitrogens with one attached hydrogen (secondary N) is 1. The number of sulfonamides is 1. The van der Waals surface area contributed by atoms with E-state index in [2.05, 4.69) is 11.3 Å². The van der Waals surface area contributed by atoms with E-state index >= 15 is 0 Å². The molecule has 0 aliphatic heterocycles. The van der Waals surface area contributed by atoms with E-state index in [1.54, 1.807) is 26.0 Å². The summed E-state index contributed by atoms with van der Waals surface area (Å²) in [4.78, 5) is 0.209. The van der Waals surface area contributed by atoms with Crippen LogP contribution in [-0.2, 0) is 10.0 Å². The summed E-state index contributed by atoms with van der Waals surface area (Å²) in [5, 5.41) is 0. The van der Waals surface area contributed by atoms with Crippen LogP contribution in [0.25, 0.3) is 0 Å². The van der Waals surface area contributed by atoms with Crippen molar-refractivity contribution < 1.29 is 8.42 Å². The monoisotopic (exact) mass is 240 g/mol. The topological polar surface area (TPSA) is 72.2 Å². The van der Waals surface area contributed by atoms with E-state index in [0.717, 1.165) is 0 Å². The quantitative estimate of drug-likeness (QED) is 0.617. The predicted octanol–water partition coefficient (Wildman–Crippen LogP) is 1.43. The molecule has 3 N–H and O–H groups in total. The van der Waals surface area contributed by atoms with Gasteiger partial charge in [-0.15, -0.1) is 6.58 Å². The highest BCUT2D eigenvalue weighted by Gasteiger charge is 2.18. The average Bonchev–Trinajstić information content (AvgIpc) is 2.20. The van der Waals surface area contributed by atoms with E-state index in [9.17, 15) is 8.42 Å². The second-order valence-electron chi connectivity index (χ2n) is 3.67. The smallest absolute Gasteiger partial charge is 0.241 e. The molecule has 1 aromatic rings. The standard InChI is InChI=1S/C11H16N2O2S/c1-4-9(3)13-16(14,15)11-7-10(12)6-5-8(11)2/h4-7,9,13H,1,12H2,2-3H3. The fraction of sp³-hybridized carbons (Fsp3) is 0.273. The fourth-order valence-corrected chi connectivity index (χ4v) is 2.76. The first-order chi connectivity index (χ1) is 7.36. The van der Waals surface area contributed by atoms with Crippen LogP contribution in [-0.4, -0.2) is 14.5 Å². The summed E-state index contributed by atoms with van der Waals surface area (Å²) in [6, 6.07) is 4.49. The Hall–Kier alpha value is -1.33. The van der Waals surface area contributed by atoms with Crippen molar-refractivity contribution in [2.75, 3.05) is 5.73 Å². The van der Waals surface area contributed by atoms with E-state index < -0.39 is 10.0 Å². The maximum absolute atomic E-state index is 12.0. The minimum atomic E-state index is -3.53. The molecule has 0 saturated carbocycles. The van der Waals surface area contributed by atoms with Crippen LogP contribution in [0.15, 0.2) is 35.7 Å². The van der Waals surface area contributed by atoms with E-state index in [4.69, 9.17) is 5.73 Å². The molecule has 1 atom stereocenters. The van der Waals surface area contributed by atoms with Gasteiger partial charge in [0.05, 0.1) is 4.90 Å². The summed E-state index contributed by atoms with van der Waals surface area (Å²) in [5.74, 6) is 0. The van der Waals surface area contributed by atoms with Gasteiger partial charge in [0.25, 0.3) is 0 Å². The summed E-state index contributed by atoms with van der Waals surface area (Å²) in [5.41, 5.74) is 6.67. The molecule has 0 amide bonds. The lowest BCUT2D eigenvalue weighted by Gasteiger charge is -2.12. The third-order valence-electron chi connectivity index (χ3n) is 2.20. The van der Waals surface area contributed by atoms with Crippen molar-refractivity contribution >= 4 is 15.7 Å². The first kappa shape index (κ1) is 12.7. The maximum Gasteiger partial charge on any atom is 0.241 e. The van der Waals surface area contributed by atoms with Crippen LogP contribution in [0, 0.1) is 6.92 Å². The molecule has 0 fully saturated rings. The minimum Gasteiger partial charge on any atom is -0.399 e. The van der Waals surface area contributed by atoms with Gasteiger partial charge in [0, 0.05) is 11.7 Å². The van der Waals surface area contributed by atoms with Gasteiger partial charge in [0.15, 0.2) is 0 Å². The number of rotatable bonds is 4. The number of anilines is 1. The predicted molar refractivity (Wildman–Crippen MR) is 65.6 cm³/mol. The van der Waals surface area contributed by atoms with Crippen molar-refractivity contribution in [2.45, 2.75) is 24.8 Å². The summed E-state index contributed by atoms with van der Waals surface area (Å²) < 4.78 is 26.4. The molecule has 0 spiro atoms. The highest BCUT2D eigenvalue weighted by molar-refractivity contribution is 7.89. The third-order valence-corrected chi connectivity index (χ3v) is 3.90. The number of aryl methyl sites for hydroxylation is 1. The average molecular weight is 240 g/mol. The van der Waals surface area contributed by atoms with Crippen molar-refractivity contribution in [3.8, 4) is 0 Å². The van der Waals surface area contributed by atoms with Crippen LogP contribution < -0.4 is 10.5 Å². The lowest BCUT2D eigenvalue weighted by molar-refractivity contribution is 0.575. The van der Waals surface area contributed by atoms with Gasteiger partial charge in [-0.1, -0.05) is 12.1 Å². The van der Waals surface area contributed by atoms with Crippen LogP contribution in [0.4, 0.5) is 5.69 Å². The molecular weight excluding hydrogens is 224 g/mol. The lowest BCUT2D eigenvalue weighted by atomic mass is 10.2. The Labute approximate surface area is 96.2 Å². The second-order valence-corrected chi connectivity index (χ2v) is 5.35. The zero-order valence-corrected chi connectivity index (χ0v) is 10.2. The van der Waals surface area contributed by atoms with Gasteiger partial charge in [-0.3, -0.25) is 0 Å². The Morgan fingerprint density at radius 3 is 2.69 bits per heavy atom. The van der Waals surface area contributed by atoms with E-state index in [1.807, 2.05) is 0 Å². The van der Waals surface area contributed by atoms with Gasteiger partial charge in [0.2, 0.25) is 10.0 Å². The van der Waals surface area contributed by atoms with Gasteiger partial charge in [0.1, 0.15) is 0 Å². The highest BCUT2D eigenvalue weighted by Crippen LogP contribution is 2.18. The normalized spacial score (nSPS) is 13.4. The Balaban J connectivity index is 3.16. The molecule has 0 heterocycles. The van der Waals surface area contributed by atoms with Crippen molar-refractivity contribution in [1.82, 2.24) is 4.72 Å². The van der Waals surface area contributed by atoms with Gasteiger partial charge in [-0.05, 0) is 31.5 Å². The zero-order chi connectivity index (χ0) is 12.3. The summed E-state index contributed by atoms with van der Waals surface area (Å²) in [6.45, 7) is 6.97. The van der Waals surface area contributed by atoms with E-state index in [-0.39, 0.29) is 10.9 Å². The van der Waals surface area contributed by atoms with Gasteiger partial charge < -0.3 is 5.73 Å². The molecule has 0 aliphatic carbocycles. The molecule has 1 aromatic carbocycles. The molecule has 88 valence electrons. The molecule has 4 nitrogen and oxygen atoms in total. The number of nitrogens with two attached hydrogens (primary N) is 1. The number of benzene rings is 1. The van der Waals surface area contributed by atoms with E-state index in [1.165, 1.54) is 12.1 Å². The first-order valence-corrected chi connectivity index (χ1v) is 6.36. The van der Waals surface area contributed by atoms with Crippen LogP contribution in [0.2, 0.25) is 0 Å². The van der Waals surface area contributed by atoms with Gasteiger partial charge in [-0.2, -0.15) is 0 Å². The highest BCUT2D eigenvalue weighted by atomic mass is 32.2. The first-order valence-electron chi connectivity index (χ1n) is 4.88. The minimum absolute atomic E-state index is 0.209. The van der Waals surface area contributed by atoms with Crippen molar-refractivity contribution in [2.24, 2.45) is 0 Å². The largest absolute Gasteiger partial charge is 0.399 e. The number of hydrogen-bond donors (Lipinski definition) is 2. The summed E-state index contributed by atoms with van der Waals surface area (Å²) in [7, 11) is -3.53. The maximum atomic E-state index is 12.0. The molecular formula is C11H16N2O2S. The molecule has 1 unspecified atom stereocenters. The van der Waals surface area contributed by atoms with Crippen molar-refractivity contribution in [3.63, 3.8) is 0 Å². The molecule has 1 rings (SSSR count). The van der Waals surface area contributed by atoms with Gasteiger partial charge in [-0.25, -0.2) is 13.1 Å². The molecule has 5 heteroatoms. The summed E-state index contributed by atoms with van der Waals surface area (Å²) in [6.07, 6.45) is 1.53. The number of hydrogen-bond acceptors (Lipinski definition) is 3. The second kappa shape index (κ2) is 4.67. The van der Waals surface area contributed by atoms with Crippen molar-refractivity contribution in [1.29, 1.82) is 0 Å². The van der Waals surface area contributed by atoms with Crippen LogP contribution in [0.5, 0.6) is 0 Å². The molecule has 0 aliphatic rings. The number of nitrogen functional groups attached to an aromatic ring is 1. The Bertz CT molecular complexity index is 495. The molecule has 0 saturated heterocycles. The molecule has 0 bridgehead atoms. The Morgan fingerprint density at radius 1 is 1.50 bits per heavy atom. The van der Waals surface area contributed by atoms with Crippen molar-refractivity contribution in [3.05, 3.63) is 36.4 Å². The molecule has 0 aromatic heterocycles. The Morgan fingerprint density at radius 2 is 2.12 bits per heavy atom. The van der Waals surface area contributed by atoms with Crippen LogP contribution in [0.1, 0.15) is 12.5 Å².